The molecule has 2 aromatic carbocycles. The van der Waals surface area contributed by atoms with Gasteiger partial charge in [0.25, 0.3) is 0 Å². The lowest BCUT2D eigenvalue weighted by Crippen LogP contribution is -2.35. The van der Waals surface area contributed by atoms with Crippen molar-refractivity contribution in [3.05, 3.63) is 54.1 Å². The third-order valence-corrected chi connectivity index (χ3v) is 3.51. The van der Waals surface area contributed by atoms with Crippen molar-refractivity contribution in [2.45, 2.75) is 6.92 Å². The highest BCUT2D eigenvalue weighted by atomic mass is 16.4. The predicted octanol–water partition coefficient (Wildman–Crippen LogP) is 2.62. The number of para-hydroxylation sites is 1. The van der Waals surface area contributed by atoms with E-state index in [4.69, 9.17) is 5.11 Å². The third-order valence-electron chi connectivity index (χ3n) is 3.51. The first-order chi connectivity index (χ1) is 11.1. The van der Waals surface area contributed by atoms with Crippen molar-refractivity contribution in [3.8, 4) is 0 Å². The molecule has 7 nitrogen and oxygen atoms in total. The topological polar surface area (TPSA) is 88.3 Å². The van der Waals surface area contributed by atoms with E-state index in [0.29, 0.717) is 23.3 Å². The van der Waals surface area contributed by atoms with Crippen LogP contribution in [0.2, 0.25) is 0 Å². The van der Waals surface area contributed by atoms with Crippen LogP contribution in [0.4, 0.5) is 10.5 Å². The summed E-state index contributed by atoms with van der Waals surface area (Å²) in [7, 11) is 0. The Hall–Kier alpha value is -3.22. The lowest BCUT2D eigenvalue weighted by molar-refractivity contribution is 0.0697. The first-order valence-corrected chi connectivity index (χ1v) is 7.07. The van der Waals surface area contributed by atoms with Crippen LogP contribution < -0.4 is 4.90 Å². The first-order valence-electron chi connectivity index (χ1n) is 7.07. The molecule has 0 aliphatic heterocycles. The summed E-state index contributed by atoms with van der Waals surface area (Å²) in [5.74, 6) is -1.01. The van der Waals surface area contributed by atoms with E-state index in [1.54, 1.807) is 24.3 Å². The van der Waals surface area contributed by atoms with Gasteiger partial charge in [-0.1, -0.05) is 17.3 Å². The molecule has 1 aromatic heterocycles. The molecule has 7 heteroatoms. The number of aromatic nitrogens is 3. The highest BCUT2D eigenvalue weighted by Gasteiger charge is 2.19. The van der Waals surface area contributed by atoms with E-state index in [9.17, 15) is 9.59 Å². The molecule has 1 heterocycles. The molecule has 1 amide bonds. The Bertz CT molecular complexity index is 870. The quantitative estimate of drug-likeness (QED) is 0.803. The van der Waals surface area contributed by atoms with E-state index < -0.39 is 5.97 Å². The van der Waals surface area contributed by atoms with Crippen molar-refractivity contribution in [1.82, 2.24) is 15.0 Å². The molecule has 3 rings (SSSR count). The van der Waals surface area contributed by atoms with Crippen LogP contribution in [0.25, 0.3) is 11.0 Å². The Kier molecular flexibility index (Phi) is 3.76. The molecule has 0 saturated carbocycles. The maximum absolute atomic E-state index is 12.7. The Morgan fingerprint density at radius 1 is 1.13 bits per heavy atom. The Morgan fingerprint density at radius 2 is 1.83 bits per heavy atom. The van der Waals surface area contributed by atoms with Gasteiger partial charge in [-0.3, -0.25) is 4.90 Å². The second-order valence-electron chi connectivity index (χ2n) is 4.87. The summed E-state index contributed by atoms with van der Waals surface area (Å²) in [6.07, 6.45) is 0. The summed E-state index contributed by atoms with van der Waals surface area (Å²) < 4.78 is 1.24. The van der Waals surface area contributed by atoms with Gasteiger partial charge in [-0.15, -0.1) is 5.10 Å². The fourth-order valence-electron chi connectivity index (χ4n) is 2.34. The smallest absolute Gasteiger partial charge is 0.351 e. The molecule has 0 bridgehead atoms. The zero-order chi connectivity index (χ0) is 16.4. The molecule has 116 valence electrons. The maximum atomic E-state index is 12.7. The van der Waals surface area contributed by atoms with Gasteiger partial charge in [0.2, 0.25) is 0 Å². The number of carbonyl (C=O) groups is 2. The van der Waals surface area contributed by atoms with E-state index >= 15 is 0 Å². The van der Waals surface area contributed by atoms with Crippen molar-refractivity contribution in [2.24, 2.45) is 0 Å². The number of rotatable bonds is 3. The molecule has 0 radical (unpaired) electrons. The number of fused-ring (bicyclic) bond motifs is 1. The fourth-order valence-corrected chi connectivity index (χ4v) is 2.34. The zero-order valence-electron chi connectivity index (χ0n) is 12.4. The van der Waals surface area contributed by atoms with Crippen LogP contribution in [0.1, 0.15) is 17.3 Å². The normalized spacial score (nSPS) is 10.7. The first kappa shape index (κ1) is 14.7. The van der Waals surface area contributed by atoms with Gasteiger partial charge in [0.1, 0.15) is 5.52 Å². The van der Waals surface area contributed by atoms with Gasteiger partial charge in [-0.25, -0.2) is 9.59 Å². The number of carboxylic acids is 1. The average molecular weight is 310 g/mol. The summed E-state index contributed by atoms with van der Waals surface area (Å²) in [5, 5.41) is 16.8. The third kappa shape index (κ3) is 2.64. The lowest BCUT2D eigenvalue weighted by atomic mass is 10.2. The van der Waals surface area contributed by atoms with Gasteiger partial charge >= 0.3 is 12.0 Å². The van der Waals surface area contributed by atoms with Crippen molar-refractivity contribution in [2.75, 3.05) is 11.4 Å². The van der Waals surface area contributed by atoms with Crippen LogP contribution in [0, 0.1) is 0 Å². The molecule has 0 saturated heterocycles. The molecule has 23 heavy (non-hydrogen) atoms. The maximum Gasteiger partial charge on any atom is 0.351 e. The van der Waals surface area contributed by atoms with Crippen molar-refractivity contribution in [3.63, 3.8) is 0 Å². The average Bonchev–Trinajstić information content (AvgIpc) is 3.00. The van der Waals surface area contributed by atoms with Crippen LogP contribution in [0.5, 0.6) is 0 Å². The summed E-state index contributed by atoms with van der Waals surface area (Å²) in [4.78, 5) is 25.2. The van der Waals surface area contributed by atoms with Gasteiger partial charge in [0, 0.05) is 12.2 Å². The number of aromatic carboxylic acids is 1. The van der Waals surface area contributed by atoms with Gasteiger partial charge < -0.3 is 5.11 Å². The minimum Gasteiger partial charge on any atom is -0.478 e. The second kappa shape index (κ2) is 5.88. The number of benzene rings is 2. The number of hydrogen-bond acceptors (Lipinski definition) is 4. The number of carbonyl (C=O) groups excluding carboxylic acids is 1. The molecule has 1 N–H and O–H groups in total. The number of carboxylic acid groups (broad SMARTS) is 1. The predicted molar refractivity (Wildman–Crippen MR) is 84.7 cm³/mol. The zero-order valence-corrected chi connectivity index (χ0v) is 12.4. The molecule has 0 unspecified atom stereocenters. The molecular formula is C16H14N4O3. The Balaban J connectivity index is 1.97. The molecule has 0 atom stereocenters. The van der Waals surface area contributed by atoms with E-state index in [-0.39, 0.29) is 11.6 Å². The largest absolute Gasteiger partial charge is 0.478 e. The number of anilines is 1. The van der Waals surface area contributed by atoms with Crippen molar-refractivity contribution < 1.29 is 14.7 Å². The van der Waals surface area contributed by atoms with Crippen LogP contribution >= 0.6 is 0 Å². The summed E-state index contributed by atoms with van der Waals surface area (Å²) >= 11 is 0. The van der Waals surface area contributed by atoms with Gasteiger partial charge in [-0.2, -0.15) is 4.68 Å². The molecule has 0 aliphatic rings. The van der Waals surface area contributed by atoms with Crippen molar-refractivity contribution in [1.29, 1.82) is 0 Å². The summed E-state index contributed by atoms with van der Waals surface area (Å²) in [5.41, 5.74) is 2.03. The fraction of sp³-hybridized carbons (Fsp3) is 0.125. The van der Waals surface area contributed by atoms with Gasteiger partial charge in [0.05, 0.1) is 11.1 Å². The molecule has 0 aliphatic carbocycles. The molecule has 0 spiro atoms. The second-order valence-corrected chi connectivity index (χ2v) is 4.87. The highest BCUT2D eigenvalue weighted by Crippen LogP contribution is 2.18. The van der Waals surface area contributed by atoms with E-state index in [1.807, 2.05) is 19.1 Å². The molecule has 0 fully saturated rings. The SMILES string of the molecule is CCN(C(=O)n1nnc2ccccc21)c1ccc(C(=O)O)cc1. The van der Waals surface area contributed by atoms with Crippen LogP contribution in [-0.2, 0) is 0 Å². The summed E-state index contributed by atoms with van der Waals surface area (Å²) in [6.45, 7) is 2.25. The van der Waals surface area contributed by atoms with E-state index in [1.165, 1.54) is 21.7 Å². The van der Waals surface area contributed by atoms with Gasteiger partial charge in [-0.05, 0) is 43.3 Å². The molecule has 3 aromatic rings. The van der Waals surface area contributed by atoms with Crippen LogP contribution in [0.3, 0.4) is 0 Å². The van der Waals surface area contributed by atoms with Crippen molar-refractivity contribution >= 4 is 28.7 Å². The summed E-state index contributed by atoms with van der Waals surface area (Å²) in [6, 6.07) is 13.0. The van der Waals surface area contributed by atoms with E-state index in [2.05, 4.69) is 10.3 Å². The van der Waals surface area contributed by atoms with Crippen LogP contribution in [-0.4, -0.2) is 38.6 Å². The monoisotopic (exact) mass is 310 g/mol. The number of hydrogen-bond donors (Lipinski definition) is 1. The number of nitrogens with zero attached hydrogens (tertiary/aromatic N) is 4. The standard InChI is InChI=1S/C16H14N4O3/c1-2-19(12-9-7-11(8-10-12)15(21)22)16(23)20-14-6-4-3-5-13(14)17-18-20/h3-10H,2H2,1H3,(H,21,22). The van der Waals surface area contributed by atoms with E-state index in [0.717, 1.165) is 0 Å². The number of amides is 1. The minimum atomic E-state index is -1.01. The Labute approximate surface area is 131 Å². The Morgan fingerprint density at radius 3 is 2.48 bits per heavy atom. The van der Waals surface area contributed by atoms with Crippen LogP contribution in [0.15, 0.2) is 48.5 Å². The lowest BCUT2D eigenvalue weighted by Gasteiger charge is -2.20. The highest BCUT2D eigenvalue weighted by molar-refractivity contribution is 5.98. The molecular weight excluding hydrogens is 296 g/mol. The van der Waals surface area contributed by atoms with Gasteiger partial charge in [0.15, 0.2) is 0 Å². The minimum absolute atomic E-state index is 0.170.